The van der Waals surface area contributed by atoms with Crippen molar-refractivity contribution < 1.29 is 18.7 Å². The fourth-order valence-electron chi connectivity index (χ4n) is 3.53. The van der Waals surface area contributed by atoms with Gasteiger partial charge in [0.15, 0.2) is 28.8 Å². The number of carbonyl (C=O) groups excluding carboxylic acids is 1. The van der Waals surface area contributed by atoms with Crippen LogP contribution in [0.3, 0.4) is 0 Å². The number of amides is 1. The predicted octanol–water partition coefficient (Wildman–Crippen LogP) is 1.54. The van der Waals surface area contributed by atoms with E-state index in [1.807, 2.05) is 0 Å². The van der Waals surface area contributed by atoms with Gasteiger partial charge < -0.3 is 10.4 Å². The van der Waals surface area contributed by atoms with Crippen molar-refractivity contribution in [3.05, 3.63) is 54.0 Å². The number of pyridine rings is 1. The Labute approximate surface area is 188 Å². The lowest BCUT2D eigenvalue weighted by molar-refractivity contribution is -0.117. The van der Waals surface area contributed by atoms with Crippen molar-refractivity contribution in [1.29, 1.82) is 0 Å². The molecule has 1 amide bonds. The number of aliphatic hydroxyl groups is 1. The summed E-state index contributed by atoms with van der Waals surface area (Å²) in [5, 5.41) is 29.9. The second-order valence-corrected chi connectivity index (χ2v) is 7.92. The van der Waals surface area contributed by atoms with Crippen molar-refractivity contribution in [2.75, 3.05) is 5.32 Å². The minimum atomic E-state index is -3.61. The Kier molecular flexibility index (Phi) is 4.38. The van der Waals surface area contributed by atoms with Crippen LogP contribution in [0.25, 0.3) is 22.7 Å². The third-order valence-corrected chi connectivity index (χ3v) is 5.46. The lowest BCUT2D eigenvalue weighted by Gasteiger charge is -2.14. The van der Waals surface area contributed by atoms with Gasteiger partial charge in [-0.2, -0.15) is 19.0 Å². The van der Waals surface area contributed by atoms with Gasteiger partial charge in [-0.25, -0.2) is 14.5 Å². The number of anilines is 1. The molecule has 0 radical (unpaired) electrons. The number of aliphatic hydroxyl groups excluding tert-OH is 1. The van der Waals surface area contributed by atoms with E-state index in [-0.39, 0.29) is 41.5 Å². The molecule has 6 rings (SSSR count). The molecule has 5 aromatic heterocycles. The van der Waals surface area contributed by atoms with E-state index in [0.717, 1.165) is 23.3 Å². The van der Waals surface area contributed by atoms with E-state index in [2.05, 4.69) is 40.8 Å². The highest BCUT2D eigenvalue weighted by Crippen LogP contribution is 2.34. The molecular formula is C20H16F2N10O2. The van der Waals surface area contributed by atoms with Gasteiger partial charge in [-0.3, -0.25) is 14.3 Å². The molecule has 1 aliphatic rings. The number of fused-ring (bicyclic) bond motifs is 2. The van der Waals surface area contributed by atoms with Crippen LogP contribution in [0.2, 0.25) is 0 Å². The molecule has 34 heavy (non-hydrogen) atoms. The van der Waals surface area contributed by atoms with Gasteiger partial charge in [-0.15, -0.1) is 10.2 Å². The molecule has 1 aliphatic carbocycles. The fraction of sp³-hybridized carbons (Fsp3) is 0.250. The van der Waals surface area contributed by atoms with Gasteiger partial charge in [0.05, 0.1) is 6.20 Å². The van der Waals surface area contributed by atoms with Crippen molar-refractivity contribution in [3.63, 3.8) is 0 Å². The standard InChI is InChI=1S/C20H16F2N10O2/c21-20(22,12-4-6-15-23-13(8-32(15)30-12)25-18(34)10-1-2-10)19-29-27-16-5-3-11(7-31(16)19)17-24-14(9-33)26-28-17/h3-8,10,33H,1-2,9H2,(H,25,34)(H,24,26,28). The zero-order valence-corrected chi connectivity index (χ0v) is 17.4. The summed E-state index contributed by atoms with van der Waals surface area (Å²) in [5.41, 5.74) is 0.362. The van der Waals surface area contributed by atoms with Gasteiger partial charge in [-0.1, -0.05) is 0 Å². The highest BCUT2D eigenvalue weighted by Gasteiger charge is 2.41. The summed E-state index contributed by atoms with van der Waals surface area (Å²) in [6, 6.07) is 5.67. The molecular weight excluding hydrogens is 450 g/mol. The number of nitrogens with zero attached hydrogens (tertiary/aromatic N) is 8. The molecule has 3 N–H and O–H groups in total. The quantitative estimate of drug-likeness (QED) is 0.341. The van der Waals surface area contributed by atoms with Crippen LogP contribution in [0.4, 0.5) is 14.6 Å². The first-order valence-corrected chi connectivity index (χ1v) is 10.4. The molecule has 14 heteroatoms. The van der Waals surface area contributed by atoms with Crippen LogP contribution < -0.4 is 5.32 Å². The van der Waals surface area contributed by atoms with Crippen molar-refractivity contribution in [2.45, 2.75) is 25.4 Å². The maximum atomic E-state index is 15.5. The monoisotopic (exact) mass is 466 g/mol. The summed E-state index contributed by atoms with van der Waals surface area (Å²) < 4.78 is 33.4. The number of nitrogens with one attached hydrogen (secondary N) is 2. The van der Waals surface area contributed by atoms with E-state index >= 15 is 8.78 Å². The summed E-state index contributed by atoms with van der Waals surface area (Å²) in [7, 11) is 0. The first-order chi connectivity index (χ1) is 16.4. The number of alkyl halides is 2. The molecule has 1 fully saturated rings. The fourth-order valence-corrected chi connectivity index (χ4v) is 3.53. The smallest absolute Gasteiger partial charge is 0.350 e. The maximum Gasteiger partial charge on any atom is 0.350 e. The van der Waals surface area contributed by atoms with Gasteiger partial charge >= 0.3 is 5.92 Å². The second kappa shape index (κ2) is 7.34. The van der Waals surface area contributed by atoms with E-state index in [9.17, 15) is 4.79 Å². The molecule has 172 valence electrons. The summed E-state index contributed by atoms with van der Waals surface area (Å²) in [6.45, 7) is -0.334. The van der Waals surface area contributed by atoms with Crippen LogP contribution >= 0.6 is 0 Å². The zero-order valence-electron chi connectivity index (χ0n) is 17.4. The highest BCUT2D eigenvalue weighted by molar-refractivity contribution is 5.93. The van der Waals surface area contributed by atoms with Crippen molar-refractivity contribution in [2.24, 2.45) is 5.92 Å². The van der Waals surface area contributed by atoms with E-state index in [1.165, 1.54) is 29.0 Å². The van der Waals surface area contributed by atoms with Gasteiger partial charge in [0.1, 0.15) is 12.3 Å². The molecule has 0 saturated heterocycles. The first kappa shape index (κ1) is 20.3. The number of H-pyrrole nitrogens is 1. The Morgan fingerprint density at radius 1 is 1.15 bits per heavy atom. The Hall–Kier alpha value is -4.33. The molecule has 0 bridgehead atoms. The van der Waals surface area contributed by atoms with Crippen molar-refractivity contribution >= 4 is 23.0 Å². The molecule has 0 aliphatic heterocycles. The van der Waals surface area contributed by atoms with E-state index in [0.29, 0.717) is 11.2 Å². The lowest BCUT2D eigenvalue weighted by atomic mass is 10.2. The Morgan fingerprint density at radius 3 is 2.74 bits per heavy atom. The molecule has 1 saturated carbocycles. The Morgan fingerprint density at radius 2 is 1.97 bits per heavy atom. The van der Waals surface area contributed by atoms with E-state index < -0.39 is 17.4 Å². The van der Waals surface area contributed by atoms with Crippen LogP contribution in [0.1, 0.15) is 30.2 Å². The van der Waals surface area contributed by atoms with E-state index in [4.69, 9.17) is 5.11 Å². The molecule has 5 aromatic rings. The highest BCUT2D eigenvalue weighted by atomic mass is 19.3. The number of carbonyl (C=O) groups is 1. The van der Waals surface area contributed by atoms with Crippen LogP contribution in [0.15, 0.2) is 36.7 Å². The summed E-state index contributed by atoms with van der Waals surface area (Å²) in [5.74, 6) is -3.69. The van der Waals surface area contributed by atoms with Crippen molar-refractivity contribution in [1.82, 2.24) is 44.4 Å². The van der Waals surface area contributed by atoms with E-state index in [1.54, 1.807) is 6.07 Å². The third kappa shape index (κ3) is 3.35. The Bertz CT molecular complexity index is 1550. The molecule has 0 unspecified atom stereocenters. The van der Waals surface area contributed by atoms with Crippen LogP contribution in [0.5, 0.6) is 0 Å². The third-order valence-electron chi connectivity index (χ3n) is 5.46. The summed E-state index contributed by atoms with van der Waals surface area (Å²) in [4.78, 5) is 20.3. The summed E-state index contributed by atoms with van der Waals surface area (Å²) >= 11 is 0. The first-order valence-electron chi connectivity index (χ1n) is 10.4. The number of hydrogen-bond acceptors (Lipinski definition) is 8. The summed E-state index contributed by atoms with van der Waals surface area (Å²) in [6.07, 6.45) is 4.45. The number of halogens is 2. The van der Waals surface area contributed by atoms with Crippen LogP contribution in [-0.4, -0.2) is 55.4 Å². The molecule has 0 spiro atoms. The lowest BCUT2D eigenvalue weighted by Crippen LogP contribution is -2.22. The molecule has 12 nitrogen and oxygen atoms in total. The number of aromatic amines is 1. The average Bonchev–Trinajstić information content (AvgIpc) is 3.24. The Balaban J connectivity index is 1.36. The SMILES string of the molecule is O=C(Nc1cn2nc(C(F)(F)c3nnc4ccc(-c5n[nH]c(CO)n5)cn34)ccc2n1)C1CC1. The van der Waals surface area contributed by atoms with Gasteiger partial charge in [0.25, 0.3) is 0 Å². The molecule has 0 aromatic carbocycles. The number of hydrogen-bond donors (Lipinski definition) is 3. The number of aromatic nitrogens is 9. The normalized spacial score (nSPS) is 14.2. The van der Waals surface area contributed by atoms with Crippen LogP contribution in [-0.2, 0) is 17.3 Å². The topological polar surface area (TPSA) is 151 Å². The predicted molar refractivity (Wildman–Crippen MR) is 112 cm³/mol. The number of rotatable bonds is 6. The van der Waals surface area contributed by atoms with Crippen molar-refractivity contribution in [3.8, 4) is 11.4 Å². The average molecular weight is 466 g/mol. The zero-order chi connectivity index (χ0) is 23.4. The number of imidazole rings is 1. The maximum absolute atomic E-state index is 15.5. The minimum absolute atomic E-state index is 0.0179. The van der Waals surface area contributed by atoms with Gasteiger partial charge in [0.2, 0.25) is 11.7 Å². The largest absolute Gasteiger partial charge is 0.388 e. The van der Waals surface area contributed by atoms with Gasteiger partial charge in [0, 0.05) is 17.7 Å². The minimum Gasteiger partial charge on any atom is -0.388 e. The molecule has 5 heterocycles. The molecule has 0 atom stereocenters. The second-order valence-electron chi connectivity index (χ2n) is 7.92. The van der Waals surface area contributed by atoms with Gasteiger partial charge in [-0.05, 0) is 37.1 Å². The van der Waals surface area contributed by atoms with Crippen LogP contribution in [0, 0.1) is 5.92 Å².